The van der Waals surface area contributed by atoms with Crippen LogP contribution < -0.4 is 29.6 Å². The molecular formula is BCl3INa. The van der Waals surface area contributed by atoms with Gasteiger partial charge in [0.15, 0.2) is 0 Å². The fraction of sp³-hybridized carbons (Fsp3) is 0. The molecule has 0 spiro atoms. The van der Waals surface area contributed by atoms with Crippen LogP contribution in [0.4, 0.5) is 0 Å². The van der Waals surface area contributed by atoms with E-state index in [1.165, 1.54) is 0 Å². The summed E-state index contributed by atoms with van der Waals surface area (Å²) in [6.45, 7) is 0. The van der Waals surface area contributed by atoms with Gasteiger partial charge < -0.3 is 34.4 Å². The first-order valence-electron chi connectivity index (χ1n) is 0.873. The maximum atomic E-state index is 5.11. The van der Waals surface area contributed by atoms with Crippen LogP contribution in [-0.4, -0.2) is 2.25 Å². The van der Waals surface area contributed by atoms with Crippen molar-refractivity contribution in [3.8, 4) is 0 Å². The third-order valence-corrected chi connectivity index (χ3v) is 0. The topological polar surface area (TPSA) is 0 Å². The molecular weight excluding hydrogens is 267 g/mol. The van der Waals surface area contributed by atoms with Crippen LogP contribution in [0.1, 0.15) is 0 Å². The minimum atomic E-state index is -1.61. The number of hydrogen-bond acceptors (Lipinski definition) is 0. The molecule has 0 unspecified atom stereocenters. The molecule has 0 aromatic rings. The van der Waals surface area contributed by atoms with E-state index >= 15 is 0 Å². The van der Waals surface area contributed by atoms with Gasteiger partial charge >= 0.3 is 31.8 Å². The molecule has 0 fully saturated rings. The third-order valence-electron chi connectivity index (χ3n) is 0. The summed E-state index contributed by atoms with van der Waals surface area (Å²) in [5.41, 5.74) is 0. The largest absolute Gasteiger partial charge is 1.00 e. The Hall–Kier alpha value is 2.66. The van der Waals surface area contributed by atoms with Gasteiger partial charge in [0.1, 0.15) is 0 Å². The zero-order valence-corrected chi connectivity index (χ0v) is 9.51. The first kappa shape index (κ1) is 11.5. The van der Waals surface area contributed by atoms with E-state index < -0.39 is 2.25 Å². The molecule has 0 radical (unpaired) electrons. The smallest absolute Gasteiger partial charge is 0.338 e. The van der Waals surface area contributed by atoms with Crippen LogP contribution in [0.5, 0.6) is 0 Å². The second kappa shape index (κ2) is 4.53. The summed E-state index contributed by atoms with van der Waals surface area (Å²) in [5, 5.41) is 0. The van der Waals surface area contributed by atoms with Crippen molar-refractivity contribution in [2.24, 2.45) is 0 Å². The quantitative estimate of drug-likeness (QED) is 0.413. The predicted octanol–water partition coefficient (Wildman–Crippen LogP) is -0.423. The molecule has 0 aromatic heterocycles. The van der Waals surface area contributed by atoms with Crippen molar-refractivity contribution in [3.63, 3.8) is 0 Å². The van der Waals surface area contributed by atoms with E-state index in [4.69, 9.17) is 34.4 Å². The van der Waals surface area contributed by atoms with Crippen LogP contribution >= 0.6 is 56.8 Å². The van der Waals surface area contributed by atoms with E-state index in [9.17, 15) is 0 Å². The second-order valence-corrected chi connectivity index (χ2v) is 7.21. The van der Waals surface area contributed by atoms with Crippen LogP contribution in [0, 0.1) is 0 Å². The Bertz CT molecular complexity index is 26.3. The molecule has 0 saturated heterocycles. The maximum Gasteiger partial charge on any atom is 1.00 e. The monoisotopic (exact) mass is 266 g/mol. The van der Waals surface area contributed by atoms with Crippen LogP contribution in [0.2, 0.25) is 0 Å². The second-order valence-electron chi connectivity index (χ2n) is 0.495. The molecule has 0 aromatic carbocycles. The van der Waals surface area contributed by atoms with E-state index in [-0.39, 0.29) is 29.6 Å². The van der Waals surface area contributed by atoms with E-state index in [2.05, 4.69) is 0 Å². The SMILES string of the molecule is Cl[B-](Cl)(Cl)I.[Na+]. The molecule has 0 aliphatic carbocycles. The molecule has 0 bridgehead atoms. The first-order chi connectivity index (χ1) is 2.00. The summed E-state index contributed by atoms with van der Waals surface area (Å²) in [4.78, 5) is 0. The zero-order valence-electron chi connectivity index (χ0n) is 3.09. The Kier molecular flexibility index (Phi) is 8.66. The average molecular weight is 267 g/mol. The van der Waals surface area contributed by atoms with Crippen molar-refractivity contribution in [1.82, 2.24) is 0 Å². The van der Waals surface area contributed by atoms with Gasteiger partial charge in [-0.15, -0.1) is 0 Å². The molecule has 0 amide bonds. The fourth-order valence-corrected chi connectivity index (χ4v) is 0. The first-order valence-corrected chi connectivity index (χ1v) is 3.43. The van der Waals surface area contributed by atoms with Crippen LogP contribution in [0.3, 0.4) is 0 Å². The van der Waals surface area contributed by atoms with Gasteiger partial charge in [-0.2, -0.15) is 0 Å². The predicted molar refractivity (Wildman–Crippen MR) is 37.3 cm³/mol. The zero-order chi connectivity index (χ0) is 4.50. The summed E-state index contributed by atoms with van der Waals surface area (Å²) in [7, 11) is 0. The van der Waals surface area contributed by atoms with E-state index in [0.29, 0.717) is 0 Å². The van der Waals surface area contributed by atoms with Crippen molar-refractivity contribution in [1.29, 1.82) is 0 Å². The van der Waals surface area contributed by atoms with Crippen molar-refractivity contribution < 1.29 is 29.6 Å². The molecule has 0 heterocycles. The van der Waals surface area contributed by atoms with Crippen LogP contribution in [0.25, 0.3) is 0 Å². The molecule has 0 aliphatic heterocycles. The molecule has 6 heavy (non-hydrogen) atoms. The maximum absolute atomic E-state index is 5.11. The molecule has 0 N–H and O–H groups in total. The Morgan fingerprint density at radius 1 is 1.17 bits per heavy atom. The summed E-state index contributed by atoms with van der Waals surface area (Å²) in [6.07, 6.45) is 0. The van der Waals surface area contributed by atoms with Gasteiger partial charge in [-0.05, 0) is 0 Å². The van der Waals surface area contributed by atoms with Gasteiger partial charge in [0, 0.05) is 0 Å². The molecule has 0 nitrogen and oxygen atoms in total. The Labute approximate surface area is 87.1 Å². The van der Waals surface area contributed by atoms with Gasteiger partial charge in [0.2, 0.25) is 0 Å². The van der Waals surface area contributed by atoms with Crippen molar-refractivity contribution in [3.05, 3.63) is 0 Å². The normalized spacial score (nSPS) is 10.0. The van der Waals surface area contributed by atoms with Crippen LogP contribution in [-0.2, 0) is 0 Å². The van der Waals surface area contributed by atoms with E-state index in [0.717, 1.165) is 0 Å². The molecule has 0 aliphatic rings. The minimum absolute atomic E-state index is 0. The summed E-state index contributed by atoms with van der Waals surface area (Å²) >= 11 is 17.1. The summed E-state index contributed by atoms with van der Waals surface area (Å²) in [6, 6.07) is 0. The van der Waals surface area contributed by atoms with Crippen molar-refractivity contribution in [2.75, 3.05) is 0 Å². The molecule has 0 saturated carbocycles. The van der Waals surface area contributed by atoms with E-state index in [1.807, 2.05) is 0 Å². The molecule has 0 atom stereocenters. The van der Waals surface area contributed by atoms with Gasteiger partial charge in [-0.1, -0.05) is 0 Å². The molecule has 6 heteroatoms. The average Bonchev–Trinajstić information content (AvgIpc) is 0.722. The number of hydrogen-bond donors (Lipinski definition) is 0. The number of halogens is 4. The Morgan fingerprint density at radius 3 is 1.17 bits per heavy atom. The van der Waals surface area contributed by atoms with Gasteiger partial charge in [-0.3, -0.25) is 22.4 Å². The number of rotatable bonds is 0. The molecule has 0 rings (SSSR count). The van der Waals surface area contributed by atoms with Crippen molar-refractivity contribution in [2.45, 2.75) is 0 Å². The van der Waals surface area contributed by atoms with Gasteiger partial charge in [0.05, 0.1) is 0 Å². The third kappa shape index (κ3) is 30.1. The Balaban J connectivity index is 0. The minimum Gasteiger partial charge on any atom is -0.338 e. The standard InChI is InChI=1S/BCl3I.Na/c2-1(3,4)5;/q-1;+1. The fourth-order valence-electron chi connectivity index (χ4n) is 0. The van der Waals surface area contributed by atoms with Gasteiger partial charge in [0.25, 0.3) is 0 Å². The van der Waals surface area contributed by atoms with E-state index in [1.54, 1.807) is 22.4 Å². The summed E-state index contributed by atoms with van der Waals surface area (Å²) < 4.78 is -1.61. The Morgan fingerprint density at radius 2 is 1.17 bits per heavy atom. The molecule has 32 valence electrons. The van der Waals surface area contributed by atoms with Gasteiger partial charge in [-0.25, -0.2) is 0 Å². The van der Waals surface area contributed by atoms with Crippen molar-refractivity contribution >= 4 is 59.0 Å². The van der Waals surface area contributed by atoms with Crippen LogP contribution in [0.15, 0.2) is 0 Å². The summed E-state index contributed by atoms with van der Waals surface area (Å²) in [5.74, 6) is 0.